The van der Waals surface area contributed by atoms with Crippen molar-refractivity contribution in [1.29, 1.82) is 0 Å². The molecule has 46 heavy (non-hydrogen) atoms. The zero-order valence-corrected chi connectivity index (χ0v) is 26.8. The van der Waals surface area contributed by atoms with Gasteiger partial charge in [0.15, 0.2) is 0 Å². The highest BCUT2D eigenvalue weighted by atomic mass is 15.2. The number of fused-ring (bicyclic) bond motifs is 6. The van der Waals surface area contributed by atoms with E-state index in [9.17, 15) is 0 Å². The van der Waals surface area contributed by atoms with Crippen molar-refractivity contribution in [2.24, 2.45) is 23.7 Å². The molecule has 0 unspecified atom stereocenters. The normalized spacial score (nSPS) is 27.0. The first-order valence-electron chi connectivity index (χ1n) is 17.8. The summed E-state index contributed by atoms with van der Waals surface area (Å²) in [5.74, 6) is 3.36. The summed E-state index contributed by atoms with van der Waals surface area (Å²) in [6.07, 6.45) is 8.14. The van der Waals surface area contributed by atoms with E-state index in [0.717, 1.165) is 30.1 Å². The van der Waals surface area contributed by atoms with Gasteiger partial charge in [0.05, 0.1) is 5.69 Å². The summed E-state index contributed by atoms with van der Waals surface area (Å²) < 4.78 is 0. The van der Waals surface area contributed by atoms with Gasteiger partial charge in [0.25, 0.3) is 6.71 Å². The number of hydrogen-bond donors (Lipinski definition) is 0. The van der Waals surface area contributed by atoms with Gasteiger partial charge in [-0.05, 0) is 144 Å². The number of para-hydroxylation sites is 2. The highest BCUT2D eigenvalue weighted by molar-refractivity contribution is 7.00. The second-order valence-electron chi connectivity index (χ2n) is 15.3. The molecule has 4 saturated carbocycles. The molecule has 224 valence electrons. The van der Waals surface area contributed by atoms with Gasteiger partial charge in [-0.15, -0.1) is 0 Å². The molecule has 4 fully saturated rings. The third-order valence-corrected chi connectivity index (χ3v) is 13.2. The zero-order chi connectivity index (χ0) is 30.3. The fourth-order valence-electron chi connectivity index (χ4n) is 11.8. The third-order valence-electron chi connectivity index (χ3n) is 13.2. The molecule has 0 N–H and O–H groups in total. The SMILES string of the molecule is CCc1cccc(N2c3cc(C)ccc3B3c4cccc5c4N(c4ccccc4C54C5CC6CC(C5)CC4C6)c4cccc2c43)c1. The number of aryl methyl sites for hydroxylation is 2. The van der Waals surface area contributed by atoms with Crippen LogP contribution in [-0.4, -0.2) is 6.71 Å². The first-order valence-corrected chi connectivity index (χ1v) is 17.8. The molecular weight excluding hydrogens is 555 g/mol. The van der Waals surface area contributed by atoms with Crippen LogP contribution in [0.2, 0.25) is 0 Å². The van der Waals surface area contributed by atoms with Crippen LogP contribution in [0.25, 0.3) is 0 Å². The van der Waals surface area contributed by atoms with Crippen molar-refractivity contribution >= 4 is 57.2 Å². The number of nitrogens with zero attached hydrogens (tertiary/aromatic N) is 2. The summed E-state index contributed by atoms with van der Waals surface area (Å²) in [7, 11) is 0. The minimum Gasteiger partial charge on any atom is -0.311 e. The summed E-state index contributed by atoms with van der Waals surface area (Å²) in [6.45, 7) is 4.71. The third kappa shape index (κ3) is 3.06. The topological polar surface area (TPSA) is 6.48 Å². The number of anilines is 6. The molecule has 0 radical (unpaired) electrons. The van der Waals surface area contributed by atoms with Crippen molar-refractivity contribution < 1.29 is 0 Å². The van der Waals surface area contributed by atoms with Crippen LogP contribution in [0.5, 0.6) is 0 Å². The van der Waals surface area contributed by atoms with Gasteiger partial charge in [-0.25, -0.2) is 0 Å². The van der Waals surface area contributed by atoms with Gasteiger partial charge in [0.1, 0.15) is 0 Å². The van der Waals surface area contributed by atoms with Crippen molar-refractivity contribution in [1.82, 2.24) is 0 Å². The van der Waals surface area contributed by atoms with E-state index < -0.39 is 0 Å². The molecule has 0 amide bonds. The van der Waals surface area contributed by atoms with Crippen LogP contribution in [0.3, 0.4) is 0 Å². The molecular formula is C43H39BN2. The first kappa shape index (κ1) is 25.9. The largest absolute Gasteiger partial charge is 0.311 e. The Morgan fingerprint density at radius 1 is 0.630 bits per heavy atom. The van der Waals surface area contributed by atoms with Gasteiger partial charge < -0.3 is 9.80 Å². The number of hydrogen-bond acceptors (Lipinski definition) is 2. The summed E-state index contributed by atoms with van der Waals surface area (Å²) >= 11 is 0. The van der Waals surface area contributed by atoms with Gasteiger partial charge in [0.2, 0.25) is 0 Å². The van der Waals surface area contributed by atoms with Gasteiger partial charge in [-0.1, -0.05) is 73.7 Å². The monoisotopic (exact) mass is 594 g/mol. The maximum Gasteiger partial charge on any atom is 0.252 e. The van der Waals surface area contributed by atoms with E-state index in [4.69, 9.17) is 0 Å². The Balaban J connectivity index is 1.23. The molecule has 12 rings (SSSR count). The lowest BCUT2D eigenvalue weighted by molar-refractivity contribution is -0.0419. The lowest BCUT2D eigenvalue weighted by Gasteiger charge is -2.64. The second-order valence-corrected chi connectivity index (χ2v) is 15.3. The molecule has 3 heteroatoms. The molecule has 0 saturated heterocycles. The summed E-state index contributed by atoms with van der Waals surface area (Å²) in [5, 5.41) is 0. The second kappa shape index (κ2) is 8.97. The van der Waals surface area contributed by atoms with Crippen LogP contribution in [0.4, 0.5) is 34.1 Å². The number of benzene rings is 5. The van der Waals surface area contributed by atoms with Crippen molar-refractivity contribution in [3.63, 3.8) is 0 Å². The van der Waals surface area contributed by atoms with E-state index in [1.165, 1.54) is 93.7 Å². The predicted molar refractivity (Wildman–Crippen MR) is 192 cm³/mol. The quantitative estimate of drug-likeness (QED) is 0.185. The molecule has 3 heterocycles. The standard InChI is InChI=1S/C43H39BN2/c1-3-27-9-6-10-32(25-27)45-38-15-8-16-39-41(38)44(35-18-17-26(2)19-40(35)45)36-13-7-12-34-42(36)46(39)37-14-5-4-11-33(37)43(34)30-21-28-20-29(23-30)24-31(43)22-28/h4-19,25,28-31H,3,20-24H2,1-2H3. The maximum atomic E-state index is 2.70. The van der Waals surface area contributed by atoms with Crippen LogP contribution >= 0.6 is 0 Å². The van der Waals surface area contributed by atoms with Crippen molar-refractivity contribution in [3.8, 4) is 0 Å². The average Bonchev–Trinajstić information content (AvgIpc) is 3.08. The average molecular weight is 595 g/mol. The molecule has 5 aromatic rings. The predicted octanol–water partition coefficient (Wildman–Crippen LogP) is 8.70. The van der Waals surface area contributed by atoms with Crippen LogP contribution in [0.1, 0.15) is 61.3 Å². The Morgan fingerprint density at radius 2 is 1.33 bits per heavy atom. The summed E-state index contributed by atoms with van der Waals surface area (Å²) in [5.41, 5.74) is 18.6. The van der Waals surface area contributed by atoms with Gasteiger partial charge >= 0.3 is 0 Å². The summed E-state index contributed by atoms with van der Waals surface area (Å²) in [6, 6.07) is 40.5. The molecule has 3 aliphatic heterocycles. The fourth-order valence-corrected chi connectivity index (χ4v) is 11.8. The maximum absolute atomic E-state index is 2.70. The smallest absolute Gasteiger partial charge is 0.252 e. The van der Waals surface area contributed by atoms with Crippen LogP contribution in [-0.2, 0) is 11.8 Å². The van der Waals surface area contributed by atoms with Crippen LogP contribution in [0, 0.1) is 30.6 Å². The molecule has 2 nitrogen and oxygen atoms in total. The van der Waals surface area contributed by atoms with E-state index in [0.29, 0.717) is 0 Å². The Labute approximate surface area is 273 Å². The Kier molecular flexibility index (Phi) is 5.05. The molecule has 0 aromatic heterocycles. The fraction of sp³-hybridized carbons (Fsp3) is 0.302. The molecule has 4 aliphatic carbocycles. The van der Waals surface area contributed by atoms with E-state index in [1.807, 2.05) is 0 Å². The molecule has 1 spiro atoms. The van der Waals surface area contributed by atoms with Gasteiger partial charge in [0, 0.05) is 33.9 Å². The van der Waals surface area contributed by atoms with Crippen molar-refractivity contribution in [3.05, 3.63) is 125 Å². The highest BCUT2D eigenvalue weighted by Crippen LogP contribution is 2.69. The van der Waals surface area contributed by atoms with Crippen LogP contribution in [0.15, 0.2) is 103 Å². The highest BCUT2D eigenvalue weighted by Gasteiger charge is 2.62. The lowest BCUT2D eigenvalue weighted by Crippen LogP contribution is -2.64. The molecule has 7 aliphatic rings. The minimum atomic E-state index is 0.123. The Morgan fingerprint density at radius 3 is 2.13 bits per heavy atom. The number of rotatable bonds is 2. The van der Waals surface area contributed by atoms with Crippen molar-refractivity contribution in [2.45, 2.75) is 57.8 Å². The minimum absolute atomic E-state index is 0.123. The molecule has 0 atom stereocenters. The summed E-state index contributed by atoms with van der Waals surface area (Å²) in [4.78, 5) is 5.26. The first-order chi connectivity index (χ1) is 22.6. The molecule has 5 aromatic carbocycles. The van der Waals surface area contributed by atoms with Crippen LogP contribution < -0.4 is 26.2 Å². The van der Waals surface area contributed by atoms with Gasteiger partial charge in [-0.3, -0.25) is 0 Å². The van der Waals surface area contributed by atoms with E-state index in [2.05, 4.69) is 127 Å². The molecule has 4 bridgehead atoms. The van der Waals surface area contributed by atoms with E-state index >= 15 is 0 Å². The zero-order valence-electron chi connectivity index (χ0n) is 26.8. The van der Waals surface area contributed by atoms with E-state index in [-0.39, 0.29) is 12.1 Å². The lowest BCUT2D eigenvalue weighted by atomic mass is 9.32. The van der Waals surface area contributed by atoms with Crippen molar-refractivity contribution in [2.75, 3.05) is 9.80 Å². The van der Waals surface area contributed by atoms with Gasteiger partial charge in [-0.2, -0.15) is 0 Å². The Hall–Kier alpha value is -4.24. The van der Waals surface area contributed by atoms with E-state index in [1.54, 1.807) is 11.1 Å². The Bertz CT molecular complexity index is 2080.